The second kappa shape index (κ2) is 5.40. The Kier molecular flexibility index (Phi) is 3.80. The first-order valence-corrected chi connectivity index (χ1v) is 7.12. The van der Waals surface area contributed by atoms with Crippen LogP contribution >= 0.6 is 0 Å². The third-order valence-electron chi connectivity index (χ3n) is 2.45. The Labute approximate surface area is 120 Å². The highest BCUT2D eigenvalue weighted by Crippen LogP contribution is 2.22. The quantitative estimate of drug-likeness (QED) is 0.616. The van der Waals surface area contributed by atoms with Gasteiger partial charge >= 0.3 is 12.0 Å². The van der Waals surface area contributed by atoms with Gasteiger partial charge in [0.25, 0.3) is 10.0 Å². The van der Waals surface area contributed by atoms with Crippen LogP contribution in [0, 0.1) is 6.92 Å². The number of nitrogen functional groups attached to an aromatic ring is 1. The molecule has 0 aliphatic carbocycles. The molecule has 0 radical (unpaired) electrons. The number of nitrogens with zero attached hydrogens (tertiary/aromatic N) is 2. The van der Waals surface area contributed by atoms with Gasteiger partial charge in [0.2, 0.25) is 5.89 Å². The molecule has 1 heterocycles. The molecule has 9 nitrogen and oxygen atoms in total. The Morgan fingerprint density at radius 1 is 1.38 bits per heavy atom. The highest BCUT2D eigenvalue weighted by Gasteiger charge is 2.25. The number of aromatic nitrogens is 2. The molecule has 0 bridgehead atoms. The molecule has 21 heavy (non-hydrogen) atoms. The Bertz CT molecular complexity index is 784. The van der Waals surface area contributed by atoms with Crippen LogP contribution in [0.5, 0.6) is 0 Å². The van der Waals surface area contributed by atoms with E-state index in [1.807, 2.05) is 0 Å². The third-order valence-corrected chi connectivity index (χ3v) is 3.81. The lowest BCUT2D eigenvalue weighted by Gasteiger charge is -2.09. The number of anilines is 2. The molecule has 0 fully saturated rings. The molecular weight excluding hydrogens is 300 g/mol. The average molecular weight is 312 g/mol. The number of hydrogen-bond acceptors (Lipinski definition) is 8. The molecule has 1 aromatic heterocycles. The molecule has 1 aromatic carbocycles. The van der Waals surface area contributed by atoms with Gasteiger partial charge in [0.15, 0.2) is 0 Å². The van der Waals surface area contributed by atoms with Crippen molar-refractivity contribution in [1.82, 2.24) is 10.2 Å². The van der Waals surface area contributed by atoms with E-state index in [1.165, 1.54) is 19.1 Å². The number of sulfonamides is 1. The van der Waals surface area contributed by atoms with Crippen LogP contribution in [0.2, 0.25) is 0 Å². The summed E-state index contributed by atoms with van der Waals surface area (Å²) < 4.78 is 36.2. The molecular formula is C11H12N4O5S. The second-order valence-electron chi connectivity index (χ2n) is 3.98. The van der Waals surface area contributed by atoms with Gasteiger partial charge in [-0.2, -0.15) is 0 Å². The number of esters is 1. The Hall–Kier alpha value is -2.62. The van der Waals surface area contributed by atoms with Gasteiger partial charge in [-0.3, -0.25) is 0 Å². The summed E-state index contributed by atoms with van der Waals surface area (Å²) in [7, 11) is -2.99. The van der Waals surface area contributed by atoms with E-state index in [1.54, 1.807) is 0 Å². The summed E-state index contributed by atoms with van der Waals surface area (Å²) >= 11 is 0. The van der Waals surface area contributed by atoms with Gasteiger partial charge in [0.05, 0.1) is 12.7 Å². The van der Waals surface area contributed by atoms with Crippen molar-refractivity contribution >= 4 is 27.7 Å². The molecule has 0 saturated carbocycles. The zero-order valence-corrected chi connectivity index (χ0v) is 12.0. The van der Waals surface area contributed by atoms with Crippen molar-refractivity contribution in [1.29, 1.82) is 0 Å². The zero-order valence-electron chi connectivity index (χ0n) is 11.2. The summed E-state index contributed by atoms with van der Waals surface area (Å²) in [5.41, 5.74) is 5.58. The highest BCUT2D eigenvalue weighted by molar-refractivity contribution is 7.92. The summed E-state index contributed by atoms with van der Waals surface area (Å²) in [6.07, 6.45) is 0. The van der Waals surface area contributed by atoms with E-state index in [-0.39, 0.29) is 28.1 Å². The van der Waals surface area contributed by atoms with Gasteiger partial charge in [-0.15, -0.1) is 5.10 Å². The molecule has 2 aromatic rings. The number of benzene rings is 1. The first kappa shape index (κ1) is 14.8. The molecule has 0 unspecified atom stereocenters. The molecule has 0 saturated heterocycles. The van der Waals surface area contributed by atoms with Crippen molar-refractivity contribution in [3.8, 4) is 0 Å². The molecule has 0 atom stereocenters. The maximum Gasteiger partial charge on any atom is 0.339 e. The summed E-state index contributed by atoms with van der Waals surface area (Å²) in [5, 5.41) is 7.01. The van der Waals surface area contributed by atoms with Crippen LogP contribution in [0.1, 0.15) is 16.2 Å². The first-order valence-electron chi connectivity index (χ1n) is 5.64. The minimum absolute atomic E-state index is 0.157. The fraction of sp³-hybridized carbons (Fsp3) is 0.182. The molecule has 112 valence electrons. The van der Waals surface area contributed by atoms with Crippen LogP contribution in [0.15, 0.2) is 27.5 Å². The number of carbonyl (C=O) groups is 1. The number of aryl methyl sites for hydroxylation is 1. The second-order valence-corrected chi connectivity index (χ2v) is 5.63. The van der Waals surface area contributed by atoms with Gasteiger partial charge in [-0.25, -0.2) is 17.9 Å². The lowest BCUT2D eigenvalue weighted by atomic mass is 10.2. The van der Waals surface area contributed by atoms with Crippen LogP contribution < -0.4 is 10.5 Å². The third kappa shape index (κ3) is 3.11. The maximum absolute atomic E-state index is 12.3. The van der Waals surface area contributed by atoms with Crippen molar-refractivity contribution < 1.29 is 22.4 Å². The topological polar surface area (TPSA) is 137 Å². The van der Waals surface area contributed by atoms with Gasteiger partial charge < -0.3 is 14.9 Å². The van der Waals surface area contributed by atoms with Crippen molar-refractivity contribution in [3.05, 3.63) is 29.7 Å². The van der Waals surface area contributed by atoms with Crippen LogP contribution in [0.3, 0.4) is 0 Å². The first-order chi connectivity index (χ1) is 9.83. The lowest BCUT2D eigenvalue weighted by Crippen LogP contribution is -2.18. The van der Waals surface area contributed by atoms with E-state index in [9.17, 15) is 13.2 Å². The van der Waals surface area contributed by atoms with E-state index in [4.69, 9.17) is 10.2 Å². The van der Waals surface area contributed by atoms with Gasteiger partial charge in [-0.1, -0.05) is 5.10 Å². The van der Waals surface area contributed by atoms with Crippen molar-refractivity contribution in [3.63, 3.8) is 0 Å². The van der Waals surface area contributed by atoms with E-state index in [2.05, 4.69) is 19.7 Å². The van der Waals surface area contributed by atoms with Gasteiger partial charge in [0, 0.05) is 12.6 Å². The minimum atomic E-state index is -4.14. The van der Waals surface area contributed by atoms with Gasteiger partial charge in [0.1, 0.15) is 4.90 Å². The lowest BCUT2D eigenvalue weighted by molar-refractivity contribution is 0.0596. The van der Waals surface area contributed by atoms with E-state index >= 15 is 0 Å². The molecule has 0 aliphatic rings. The number of nitrogens with two attached hydrogens (primary N) is 1. The highest BCUT2D eigenvalue weighted by atomic mass is 32.2. The van der Waals surface area contributed by atoms with Crippen LogP contribution in [0.25, 0.3) is 0 Å². The number of carbonyl (C=O) groups excluding carboxylic acids is 1. The van der Waals surface area contributed by atoms with Gasteiger partial charge in [-0.05, 0) is 18.2 Å². The standard InChI is InChI=1S/C11H12N4O5S/c1-6-13-14-11(20-6)15-21(17,18)9-5-7(12)3-4-8(9)10(16)19-2/h3-5H,12H2,1-2H3,(H,14,15). The van der Waals surface area contributed by atoms with Crippen LogP contribution in [-0.4, -0.2) is 31.7 Å². The minimum Gasteiger partial charge on any atom is -0.465 e. The summed E-state index contributed by atoms with van der Waals surface area (Å²) in [6.45, 7) is 1.51. The average Bonchev–Trinajstić information content (AvgIpc) is 2.82. The Morgan fingerprint density at radius 3 is 2.67 bits per heavy atom. The predicted octanol–water partition coefficient (Wildman–Crippen LogP) is 0.548. The molecule has 0 amide bonds. The normalized spacial score (nSPS) is 11.1. The fourth-order valence-corrected chi connectivity index (χ4v) is 2.70. The predicted molar refractivity (Wildman–Crippen MR) is 72.0 cm³/mol. The smallest absolute Gasteiger partial charge is 0.339 e. The van der Waals surface area contributed by atoms with E-state index in [0.717, 1.165) is 13.2 Å². The fourth-order valence-electron chi connectivity index (χ4n) is 1.55. The molecule has 10 heteroatoms. The molecule has 2 rings (SSSR count). The van der Waals surface area contributed by atoms with Crippen LogP contribution in [0.4, 0.5) is 11.7 Å². The monoisotopic (exact) mass is 312 g/mol. The number of ether oxygens (including phenoxy) is 1. The van der Waals surface area contributed by atoms with E-state index in [0.29, 0.717) is 0 Å². The summed E-state index contributed by atoms with van der Waals surface area (Å²) in [6, 6.07) is 3.47. The molecule has 0 spiro atoms. The summed E-state index contributed by atoms with van der Waals surface area (Å²) in [5.74, 6) is -0.620. The number of rotatable bonds is 4. The molecule has 3 N–H and O–H groups in total. The van der Waals surface area contributed by atoms with E-state index < -0.39 is 16.0 Å². The maximum atomic E-state index is 12.3. The zero-order chi connectivity index (χ0) is 15.6. The number of nitrogens with one attached hydrogen (secondary N) is 1. The molecule has 0 aliphatic heterocycles. The Balaban J connectivity index is 2.48. The summed E-state index contributed by atoms with van der Waals surface area (Å²) in [4.78, 5) is 11.3. The van der Waals surface area contributed by atoms with Crippen molar-refractivity contribution in [2.75, 3.05) is 17.6 Å². The van der Waals surface area contributed by atoms with Crippen LogP contribution in [-0.2, 0) is 14.8 Å². The SMILES string of the molecule is COC(=O)c1ccc(N)cc1S(=O)(=O)Nc1nnc(C)o1. The number of hydrogen-bond donors (Lipinski definition) is 2. The largest absolute Gasteiger partial charge is 0.465 e. The number of methoxy groups -OCH3 is 1. The van der Waals surface area contributed by atoms with Crippen molar-refractivity contribution in [2.24, 2.45) is 0 Å². The Morgan fingerprint density at radius 2 is 2.10 bits per heavy atom. The van der Waals surface area contributed by atoms with Crippen molar-refractivity contribution in [2.45, 2.75) is 11.8 Å².